The minimum atomic E-state index is -0.132. The van der Waals surface area contributed by atoms with Crippen molar-refractivity contribution < 1.29 is 14.3 Å². The molecule has 156 valence electrons. The van der Waals surface area contributed by atoms with E-state index >= 15 is 0 Å². The standard InChI is InChI=1S/C25H38O3/c1-16(15-27-5)21-8-9-22-20-7-6-18-14-19(28-17(2)26)10-12-24(18,3)23(20)11-13-25(21,22)4/h6,15,19-23H,7-14H2,1-5H3/t19-,20-,21+,22-,23-,24-,25+/m0/s1. The quantitative estimate of drug-likeness (QED) is 0.337. The summed E-state index contributed by atoms with van der Waals surface area (Å²) < 4.78 is 10.9. The third kappa shape index (κ3) is 3.04. The van der Waals surface area contributed by atoms with E-state index in [2.05, 4.69) is 26.8 Å². The fraction of sp³-hybridized carbons (Fsp3) is 0.800. The van der Waals surface area contributed by atoms with Crippen LogP contribution in [0.4, 0.5) is 0 Å². The van der Waals surface area contributed by atoms with Gasteiger partial charge in [-0.1, -0.05) is 25.5 Å². The van der Waals surface area contributed by atoms with E-state index in [-0.39, 0.29) is 12.1 Å². The van der Waals surface area contributed by atoms with E-state index < -0.39 is 0 Å². The first-order valence-electron chi connectivity index (χ1n) is 11.4. The van der Waals surface area contributed by atoms with Gasteiger partial charge < -0.3 is 9.47 Å². The lowest BCUT2D eigenvalue weighted by atomic mass is 9.47. The number of allylic oxidation sites excluding steroid dienone is 2. The number of esters is 1. The first-order chi connectivity index (χ1) is 13.3. The van der Waals surface area contributed by atoms with Crippen molar-refractivity contribution in [1.82, 2.24) is 0 Å². The highest BCUT2D eigenvalue weighted by Gasteiger charge is 2.58. The van der Waals surface area contributed by atoms with E-state index in [1.165, 1.54) is 51.0 Å². The monoisotopic (exact) mass is 386 g/mol. The number of hydrogen-bond donors (Lipinski definition) is 0. The molecule has 0 spiro atoms. The largest absolute Gasteiger partial charge is 0.504 e. The van der Waals surface area contributed by atoms with Gasteiger partial charge in [-0.15, -0.1) is 0 Å². The maximum Gasteiger partial charge on any atom is 0.302 e. The van der Waals surface area contributed by atoms with Gasteiger partial charge in [-0.05, 0) is 91.9 Å². The third-order valence-electron chi connectivity index (χ3n) is 9.24. The molecule has 0 aromatic rings. The lowest BCUT2D eigenvalue weighted by molar-refractivity contribution is -0.148. The summed E-state index contributed by atoms with van der Waals surface area (Å²) in [5.74, 6) is 2.99. The molecule has 28 heavy (non-hydrogen) atoms. The molecule has 0 heterocycles. The summed E-state index contributed by atoms with van der Waals surface area (Å²) in [6, 6.07) is 0. The topological polar surface area (TPSA) is 35.5 Å². The molecule has 0 aromatic carbocycles. The first-order valence-corrected chi connectivity index (χ1v) is 11.4. The van der Waals surface area contributed by atoms with E-state index in [4.69, 9.17) is 9.47 Å². The molecule has 0 radical (unpaired) electrons. The SMILES string of the molecule is COC=C(C)[C@H]1CC[C@H]2[C@@H]3CC=C4C[C@@H](OC(C)=O)CC[C@]4(C)[C@H]3CC[C@]12C. The van der Waals surface area contributed by atoms with Crippen molar-refractivity contribution in [3.05, 3.63) is 23.5 Å². The second kappa shape index (κ2) is 7.22. The average molecular weight is 387 g/mol. The molecular weight excluding hydrogens is 348 g/mol. The Balaban J connectivity index is 1.57. The molecule has 4 rings (SSSR count). The van der Waals surface area contributed by atoms with Crippen molar-refractivity contribution in [1.29, 1.82) is 0 Å². The number of hydrogen-bond acceptors (Lipinski definition) is 3. The van der Waals surface area contributed by atoms with Crippen molar-refractivity contribution in [2.24, 2.45) is 34.5 Å². The molecule has 0 N–H and O–H groups in total. The Labute approximate surface area is 170 Å². The molecule has 0 aliphatic heterocycles. The highest BCUT2D eigenvalue weighted by Crippen LogP contribution is 2.67. The van der Waals surface area contributed by atoms with Crippen LogP contribution in [0.15, 0.2) is 23.5 Å². The zero-order chi connectivity index (χ0) is 20.1. The Hall–Kier alpha value is -1.25. The van der Waals surface area contributed by atoms with E-state index in [1.807, 2.05) is 6.26 Å². The van der Waals surface area contributed by atoms with Gasteiger partial charge in [0.25, 0.3) is 0 Å². The molecule has 3 fully saturated rings. The highest BCUT2D eigenvalue weighted by molar-refractivity contribution is 5.66. The van der Waals surface area contributed by atoms with Crippen molar-refractivity contribution in [2.45, 2.75) is 85.2 Å². The van der Waals surface area contributed by atoms with Crippen molar-refractivity contribution in [2.75, 3.05) is 7.11 Å². The second-order valence-corrected chi connectivity index (χ2v) is 10.5. The predicted octanol–water partition coefficient (Wildman–Crippen LogP) is 6.05. The van der Waals surface area contributed by atoms with Gasteiger partial charge in [0.1, 0.15) is 6.10 Å². The molecule has 7 atom stereocenters. The fourth-order valence-corrected chi connectivity index (χ4v) is 7.98. The molecule has 0 unspecified atom stereocenters. The highest BCUT2D eigenvalue weighted by atomic mass is 16.5. The molecule has 0 saturated heterocycles. The van der Waals surface area contributed by atoms with Crippen LogP contribution in [-0.4, -0.2) is 19.2 Å². The van der Waals surface area contributed by atoms with Crippen LogP contribution in [0.2, 0.25) is 0 Å². The molecule has 3 saturated carbocycles. The Kier molecular flexibility index (Phi) is 5.17. The number of rotatable bonds is 3. The van der Waals surface area contributed by atoms with Gasteiger partial charge in [-0.25, -0.2) is 0 Å². The number of carbonyl (C=O) groups is 1. The maximum atomic E-state index is 11.4. The summed E-state index contributed by atoms with van der Waals surface area (Å²) in [6.07, 6.45) is 14.4. The van der Waals surface area contributed by atoms with Crippen LogP contribution in [-0.2, 0) is 14.3 Å². The summed E-state index contributed by atoms with van der Waals surface area (Å²) in [4.78, 5) is 11.4. The molecule has 4 aliphatic carbocycles. The van der Waals surface area contributed by atoms with Crippen LogP contribution in [0.25, 0.3) is 0 Å². The Morgan fingerprint density at radius 2 is 1.89 bits per heavy atom. The molecule has 0 aromatic heterocycles. The molecule has 0 bridgehead atoms. The van der Waals surface area contributed by atoms with Crippen LogP contribution in [0.1, 0.15) is 79.1 Å². The Morgan fingerprint density at radius 3 is 2.61 bits per heavy atom. The van der Waals surface area contributed by atoms with Crippen LogP contribution in [0, 0.1) is 34.5 Å². The Bertz CT molecular complexity index is 692. The minimum absolute atomic E-state index is 0.0972. The van der Waals surface area contributed by atoms with E-state index in [0.717, 1.165) is 30.6 Å². The van der Waals surface area contributed by atoms with E-state index in [9.17, 15) is 4.79 Å². The summed E-state index contributed by atoms with van der Waals surface area (Å²) in [6.45, 7) is 8.89. The van der Waals surface area contributed by atoms with Crippen LogP contribution in [0.5, 0.6) is 0 Å². The van der Waals surface area contributed by atoms with Crippen LogP contribution in [0.3, 0.4) is 0 Å². The Morgan fingerprint density at radius 1 is 1.11 bits per heavy atom. The van der Waals surface area contributed by atoms with Crippen molar-refractivity contribution >= 4 is 5.97 Å². The summed E-state index contributed by atoms with van der Waals surface area (Å²) in [5, 5.41) is 0. The third-order valence-corrected chi connectivity index (χ3v) is 9.24. The number of carbonyl (C=O) groups excluding carboxylic acids is 1. The smallest absolute Gasteiger partial charge is 0.302 e. The van der Waals surface area contributed by atoms with Gasteiger partial charge in [-0.2, -0.15) is 0 Å². The lowest BCUT2D eigenvalue weighted by Crippen LogP contribution is -2.50. The molecule has 0 amide bonds. The van der Waals surface area contributed by atoms with Gasteiger partial charge >= 0.3 is 5.97 Å². The van der Waals surface area contributed by atoms with E-state index in [1.54, 1.807) is 12.7 Å². The summed E-state index contributed by atoms with van der Waals surface area (Å²) >= 11 is 0. The zero-order valence-electron chi connectivity index (χ0n) is 18.4. The summed E-state index contributed by atoms with van der Waals surface area (Å²) in [7, 11) is 1.77. The molecule has 3 heteroatoms. The lowest BCUT2D eigenvalue weighted by Gasteiger charge is -2.58. The normalized spacial score (nSPS) is 45.4. The second-order valence-electron chi connectivity index (χ2n) is 10.5. The molecular formula is C25H38O3. The van der Waals surface area contributed by atoms with Crippen molar-refractivity contribution in [3.63, 3.8) is 0 Å². The zero-order valence-corrected chi connectivity index (χ0v) is 18.4. The minimum Gasteiger partial charge on any atom is -0.504 e. The average Bonchev–Trinajstić information content (AvgIpc) is 2.99. The fourth-order valence-electron chi connectivity index (χ4n) is 7.98. The van der Waals surface area contributed by atoms with Gasteiger partial charge in [0.2, 0.25) is 0 Å². The molecule has 4 aliphatic rings. The number of methoxy groups -OCH3 is 1. The van der Waals surface area contributed by atoms with Crippen molar-refractivity contribution in [3.8, 4) is 0 Å². The maximum absolute atomic E-state index is 11.4. The van der Waals surface area contributed by atoms with Gasteiger partial charge in [0, 0.05) is 13.3 Å². The van der Waals surface area contributed by atoms with E-state index in [0.29, 0.717) is 16.7 Å². The van der Waals surface area contributed by atoms with Gasteiger partial charge in [0.15, 0.2) is 0 Å². The van der Waals surface area contributed by atoms with Gasteiger partial charge in [-0.3, -0.25) is 4.79 Å². The summed E-state index contributed by atoms with van der Waals surface area (Å²) in [5.41, 5.74) is 3.76. The first kappa shape index (κ1) is 20.0. The number of fused-ring (bicyclic) bond motifs is 5. The number of ether oxygens (including phenoxy) is 2. The van der Waals surface area contributed by atoms with Crippen LogP contribution >= 0.6 is 0 Å². The van der Waals surface area contributed by atoms with Crippen LogP contribution < -0.4 is 0 Å². The van der Waals surface area contributed by atoms with Gasteiger partial charge in [0.05, 0.1) is 13.4 Å². The predicted molar refractivity (Wildman–Crippen MR) is 112 cm³/mol. The molecule has 3 nitrogen and oxygen atoms in total.